The first kappa shape index (κ1) is 24.7. The molecule has 0 bridgehead atoms. The topological polar surface area (TPSA) is 115 Å². The van der Waals surface area contributed by atoms with E-state index in [0.29, 0.717) is 33.6 Å². The van der Waals surface area contributed by atoms with Gasteiger partial charge in [-0.2, -0.15) is 5.26 Å². The number of nitrogens with zero attached hydrogens (tertiary/aromatic N) is 4. The van der Waals surface area contributed by atoms with Crippen LogP contribution in [0, 0.1) is 11.3 Å². The van der Waals surface area contributed by atoms with E-state index in [1.54, 1.807) is 24.7 Å². The number of aromatic nitrogens is 2. The van der Waals surface area contributed by atoms with Crippen molar-refractivity contribution in [1.82, 2.24) is 20.2 Å². The van der Waals surface area contributed by atoms with Gasteiger partial charge in [-0.05, 0) is 64.0 Å². The van der Waals surface area contributed by atoms with Gasteiger partial charge in [0.1, 0.15) is 17.9 Å². The Hall–Kier alpha value is -4.00. The summed E-state index contributed by atoms with van der Waals surface area (Å²) in [4.78, 5) is 24.0. The molecule has 2 aliphatic heterocycles. The van der Waals surface area contributed by atoms with Gasteiger partial charge in [-0.25, -0.2) is 0 Å². The number of piperidine rings is 2. The van der Waals surface area contributed by atoms with Gasteiger partial charge in [0.15, 0.2) is 0 Å². The van der Waals surface area contributed by atoms with Crippen LogP contribution in [0.1, 0.15) is 31.2 Å². The van der Waals surface area contributed by atoms with Crippen molar-refractivity contribution in [2.45, 2.75) is 31.8 Å². The molecule has 0 atom stereocenters. The number of fused-ring (bicyclic) bond motifs is 1. The number of hydrogen-bond acceptors (Lipinski definition) is 8. The molecular weight excluding hydrogens is 466 g/mol. The highest BCUT2D eigenvalue weighted by atomic mass is 16.5. The monoisotopic (exact) mass is 497 g/mol. The SMILES string of the molecule is CN1CCC(Oc2cc3ncc(C#N)c(Nc4cccnc4)c3cc2NC(=O)C=C2CCNCC2)CC1. The Morgan fingerprint density at radius 3 is 2.78 bits per heavy atom. The van der Waals surface area contributed by atoms with Gasteiger partial charge in [-0.1, -0.05) is 5.57 Å². The minimum absolute atomic E-state index is 0.0541. The fraction of sp³-hybridized carbons (Fsp3) is 0.357. The fourth-order valence-corrected chi connectivity index (χ4v) is 4.74. The van der Waals surface area contributed by atoms with Gasteiger partial charge in [-0.15, -0.1) is 0 Å². The number of rotatable bonds is 6. The molecule has 1 amide bonds. The summed E-state index contributed by atoms with van der Waals surface area (Å²) >= 11 is 0. The first-order valence-corrected chi connectivity index (χ1v) is 12.7. The highest BCUT2D eigenvalue weighted by molar-refractivity contribution is 6.05. The fourth-order valence-electron chi connectivity index (χ4n) is 4.74. The number of amides is 1. The number of carbonyl (C=O) groups is 1. The van der Waals surface area contributed by atoms with Crippen molar-refractivity contribution in [1.29, 1.82) is 5.26 Å². The maximum Gasteiger partial charge on any atom is 0.248 e. The number of hydrogen-bond donors (Lipinski definition) is 3. The van der Waals surface area contributed by atoms with Crippen molar-refractivity contribution in [2.75, 3.05) is 43.9 Å². The lowest BCUT2D eigenvalue weighted by Crippen LogP contribution is -2.35. The van der Waals surface area contributed by atoms with E-state index in [4.69, 9.17) is 4.74 Å². The third-order valence-corrected chi connectivity index (χ3v) is 6.82. The molecule has 1 aromatic carbocycles. The van der Waals surface area contributed by atoms with Crippen LogP contribution in [-0.2, 0) is 4.79 Å². The molecule has 0 saturated carbocycles. The molecule has 190 valence electrons. The molecule has 2 saturated heterocycles. The average Bonchev–Trinajstić information content (AvgIpc) is 2.92. The lowest BCUT2D eigenvalue weighted by atomic mass is 10.0. The molecule has 2 aliphatic rings. The molecule has 9 nitrogen and oxygen atoms in total. The Labute approximate surface area is 216 Å². The standard InChI is InChI=1S/C28H31N7O2/c1-35-11-6-22(7-12-35)37-26-15-24-23(14-25(26)34-27(36)13-19-4-9-30-10-5-19)28(20(16-29)17-32-24)33-21-3-2-8-31-18-21/h2-3,8,13-15,17-18,22,30H,4-7,9-12H2,1H3,(H,32,33)(H,34,36). The third kappa shape index (κ3) is 6.05. The van der Waals surface area contributed by atoms with Crippen LogP contribution < -0.4 is 20.7 Å². The van der Waals surface area contributed by atoms with Crippen molar-refractivity contribution in [3.05, 3.63) is 60.1 Å². The largest absolute Gasteiger partial charge is 0.488 e. The second-order valence-electron chi connectivity index (χ2n) is 9.55. The number of anilines is 3. The van der Waals surface area contributed by atoms with Crippen LogP contribution in [0.2, 0.25) is 0 Å². The Morgan fingerprint density at radius 2 is 2.05 bits per heavy atom. The maximum atomic E-state index is 13.0. The van der Waals surface area contributed by atoms with Crippen LogP contribution in [0.15, 0.2) is 54.5 Å². The summed E-state index contributed by atoms with van der Waals surface area (Å²) in [5, 5.41) is 20.2. The van der Waals surface area contributed by atoms with Gasteiger partial charge in [0, 0.05) is 43.0 Å². The van der Waals surface area contributed by atoms with Gasteiger partial charge in [0.25, 0.3) is 0 Å². The second-order valence-corrected chi connectivity index (χ2v) is 9.55. The zero-order chi connectivity index (χ0) is 25.6. The van der Waals surface area contributed by atoms with Crippen LogP contribution in [0.5, 0.6) is 5.75 Å². The average molecular weight is 498 g/mol. The zero-order valence-electron chi connectivity index (χ0n) is 21.0. The van der Waals surface area contributed by atoms with Crippen LogP contribution in [0.3, 0.4) is 0 Å². The molecule has 2 fully saturated rings. The minimum Gasteiger partial charge on any atom is -0.488 e. The van der Waals surface area contributed by atoms with Crippen molar-refractivity contribution in [3.63, 3.8) is 0 Å². The Morgan fingerprint density at radius 1 is 1.24 bits per heavy atom. The molecule has 9 heteroatoms. The van der Waals surface area contributed by atoms with Crippen molar-refractivity contribution < 1.29 is 9.53 Å². The Bertz CT molecular complexity index is 1330. The molecule has 0 unspecified atom stereocenters. The van der Waals surface area contributed by atoms with E-state index in [1.165, 1.54) is 0 Å². The third-order valence-electron chi connectivity index (χ3n) is 6.82. The van der Waals surface area contributed by atoms with E-state index >= 15 is 0 Å². The van der Waals surface area contributed by atoms with E-state index in [1.807, 2.05) is 24.3 Å². The summed E-state index contributed by atoms with van der Waals surface area (Å²) in [5.74, 6) is 0.402. The highest BCUT2D eigenvalue weighted by Gasteiger charge is 2.22. The van der Waals surface area contributed by atoms with Gasteiger partial charge in [0.2, 0.25) is 5.91 Å². The molecule has 5 rings (SSSR count). The first-order chi connectivity index (χ1) is 18.1. The first-order valence-electron chi connectivity index (χ1n) is 12.7. The molecule has 37 heavy (non-hydrogen) atoms. The smallest absolute Gasteiger partial charge is 0.248 e. The van der Waals surface area contributed by atoms with Crippen LogP contribution >= 0.6 is 0 Å². The molecular formula is C28H31N7O2. The number of carbonyl (C=O) groups excluding carboxylic acids is 1. The summed E-state index contributed by atoms with van der Waals surface area (Å²) < 4.78 is 6.44. The van der Waals surface area contributed by atoms with Crippen molar-refractivity contribution in [3.8, 4) is 11.8 Å². The quantitative estimate of drug-likeness (QED) is 0.438. The number of nitriles is 1. The van der Waals surface area contributed by atoms with Gasteiger partial charge in [-0.3, -0.25) is 14.8 Å². The lowest BCUT2D eigenvalue weighted by Gasteiger charge is -2.30. The van der Waals surface area contributed by atoms with E-state index in [-0.39, 0.29) is 12.0 Å². The highest BCUT2D eigenvalue weighted by Crippen LogP contribution is 2.37. The molecule has 4 heterocycles. The van der Waals surface area contributed by atoms with Crippen LogP contribution in [0.4, 0.5) is 17.1 Å². The Balaban J connectivity index is 1.53. The number of ether oxygens (including phenoxy) is 1. The minimum atomic E-state index is -0.185. The van der Waals surface area contributed by atoms with Crippen LogP contribution in [0.25, 0.3) is 10.9 Å². The Kier molecular flexibility index (Phi) is 7.59. The van der Waals surface area contributed by atoms with Crippen molar-refractivity contribution >= 4 is 33.9 Å². The van der Waals surface area contributed by atoms with E-state index in [9.17, 15) is 10.1 Å². The normalized spacial score (nSPS) is 16.7. The summed E-state index contributed by atoms with van der Waals surface area (Å²) in [5.41, 5.74) is 4.12. The van der Waals surface area contributed by atoms with E-state index in [2.05, 4.69) is 43.9 Å². The summed E-state index contributed by atoms with van der Waals surface area (Å²) in [6, 6.07) is 9.64. The van der Waals surface area contributed by atoms with E-state index in [0.717, 1.165) is 63.1 Å². The number of pyridine rings is 2. The molecule has 3 N–H and O–H groups in total. The predicted octanol–water partition coefficient (Wildman–Crippen LogP) is 3.97. The van der Waals surface area contributed by atoms with Gasteiger partial charge in [0.05, 0.1) is 34.3 Å². The summed E-state index contributed by atoms with van der Waals surface area (Å²) in [6.45, 7) is 3.68. The number of likely N-dealkylation sites (tertiary alicyclic amines) is 1. The van der Waals surface area contributed by atoms with Crippen molar-refractivity contribution in [2.24, 2.45) is 0 Å². The van der Waals surface area contributed by atoms with Crippen LogP contribution in [-0.4, -0.2) is 60.1 Å². The maximum absolute atomic E-state index is 13.0. The zero-order valence-corrected chi connectivity index (χ0v) is 21.0. The summed E-state index contributed by atoms with van der Waals surface area (Å²) in [7, 11) is 2.11. The van der Waals surface area contributed by atoms with Gasteiger partial charge < -0.3 is 25.6 Å². The summed E-state index contributed by atoms with van der Waals surface area (Å²) in [6.07, 6.45) is 10.2. The second kappa shape index (κ2) is 11.4. The molecule has 3 aromatic rings. The van der Waals surface area contributed by atoms with E-state index < -0.39 is 0 Å². The number of nitrogens with one attached hydrogen (secondary N) is 3. The predicted molar refractivity (Wildman–Crippen MR) is 144 cm³/mol. The lowest BCUT2D eigenvalue weighted by molar-refractivity contribution is -0.112. The molecule has 0 radical (unpaired) electrons. The molecule has 0 aliphatic carbocycles. The van der Waals surface area contributed by atoms with Gasteiger partial charge >= 0.3 is 0 Å². The number of benzene rings is 1. The molecule has 2 aromatic heterocycles. The molecule has 0 spiro atoms.